The normalized spacial score (nSPS) is 20.7. The van der Waals surface area contributed by atoms with Crippen LogP contribution in [0.2, 0.25) is 0 Å². The van der Waals surface area contributed by atoms with Crippen LogP contribution >= 0.6 is 24.8 Å². The molecule has 1 aromatic carbocycles. The summed E-state index contributed by atoms with van der Waals surface area (Å²) in [7, 11) is 0. The smallest absolute Gasteiger partial charge is 0.222 e. The lowest BCUT2D eigenvalue weighted by Gasteiger charge is -2.35. The lowest BCUT2D eigenvalue weighted by atomic mass is 10.0. The molecule has 0 saturated carbocycles. The summed E-state index contributed by atoms with van der Waals surface area (Å²) in [5.74, 6) is 1.06. The number of benzene rings is 1. The molecule has 4 nitrogen and oxygen atoms in total. The van der Waals surface area contributed by atoms with Crippen LogP contribution in [0.15, 0.2) is 24.3 Å². The first-order valence-electron chi connectivity index (χ1n) is 8.98. The molecule has 25 heavy (non-hydrogen) atoms. The van der Waals surface area contributed by atoms with Crippen LogP contribution < -0.4 is 5.32 Å². The monoisotopic (exact) mass is 387 g/mol. The van der Waals surface area contributed by atoms with E-state index in [-0.39, 0.29) is 24.8 Å². The molecule has 1 N–H and O–H groups in total. The van der Waals surface area contributed by atoms with Crippen LogP contribution in [0.4, 0.5) is 0 Å². The minimum Gasteiger partial charge on any atom is -0.340 e. The number of aryl methyl sites for hydroxylation is 1. The first kappa shape index (κ1) is 22.2. The summed E-state index contributed by atoms with van der Waals surface area (Å²) in [4.78, 5) is 16.9. The molecule has 0 aliphatic carbocycles. The summed E-state index contributed by atoms with van der Waals surface area (Å²) in [5.41, 5.74) is 2.76. The summed E-state index contributed by atoms with van der Waals surface area (Å²) in [6.45, 7) is 9.14. The van der Waals surface area contributed by atoms with Crippen molar-refractivity contribution in [1.82, 2.24) is 15.1 Å². The molecule has 142 valence electrons. The van der Waals surface area contributed by atoms with Gasteiger partial charge < -0.3 is 10.2 Å². The number of halogens is 2. The third kappa shape index (κ3) is 6.45. The topological polar surface area (TPSA) is 35.6 Å². The molecule has 2 aliphatic heterocycles. The van der Waals surface area contributed by atoms with E-state index in [0.717, 1.165) is 58.7 Å². The standard InChI is InChI=1S/C19H29N3O.2ClH/c1-16-4-2-3-5-18(16)15-21-10-12-22(13-11-21)19(23)7-6-17-8-9-20-14-17;;/h2-5,17,20H,6-15H2,1H3;2*1H. The van der Waals surface area contributed by atoms with Crippen molar-refractivity contribution in [3.8, 4) is 0 Å². The van der Waals surface area contributed by atoms with E-state index in [9.17, 15) is 4.79 Å². The summed E-state index contributed by atoms with van der Waals surface area (Å²) < 4.78 is 0. The van der Waals surface area contributed by atoms with Crippen LogP contribution in [0.1, 0.15) is 30.4 Å². The number of piperazine rings is 1. The zero-order valence-electron chi connectivity index (χ0n) is 15.1. The molecule has 2 aliphatic rings. The molecule has 0 radical (unpaired) electrons. The molecule has 6 heteroatoms. The van der Waals surface area contributed by atoms with Crippen molar-refractivity contribution in [3.05, 3.63) is 35.4 Å². The van der Waals surface area contributed by atoms with Crippen molar-refractivity contribution in [3.63, 3.8) is 0 Å². The van der Waals surface area contributed by atoms with Crippen LogP contribution in [0, 0.1) is 12.8 Å². The van der Waals surface area contributed by atoms with E-state index in [1.165, 1.54) is 17.5 Å². The predicted molar refractivity (Wildman–Crippen MR) is 108 cm³/mol. The van der Waals surface area contributed by atoms with Crippen molar-refractivity contribution in [1.29, 1.82) is 0 Å². The van der Waals surface area contributed by atoms with Crippen molar-refractivity contribution in [2.75, 3.05) is 39.3 Å². The van der Waals surface area contributed by atoms with Crippen molar-refractivity contribution >= 4 is 30.7 Å². The van der Waals surface area contributed by atoms with Crippen LogP contribution in [0.3, 0.4) is 0 Å². The van der Waals surface area contributed by atoms with Crippen LogP contribution in [0.25, 0.3) is 0 Å². The van der Waals surface area contributed by atoms with Gasteiger partial charge in [0, 0.05) is 39.1 Å². The number of carbonyl (C=O) groups is 1. The zero-order valence-corrected chi connectivity index (χ0v) is 16.7. The minimum absolute atomic E-state index is 0. The third-order valence-corrected chi connectivity index (χ3v) is 5.31. The van der Waals surface area contributed by atoms with Crippen LogP contribution in [0.5, 0.6) is 0 Å². The lowest BCUT2D eigenvalue weighted by Crippen LogP contribution is -2.48. The highest BCUT2D eigenvalue weighted by Crippen LogP contribution is 2.17. The molecule has 2 saturated heterocycles. The van der Waals surface area contributed by atoms with Gasteiger partial charge in [-0.25, -0.2) is 0 Å². The fraction of sp³-hybridized carbons (Fsp3) is 0.632. The summed E-state index contributed by atoms with van der Waals surface area (Å²) in [5, 5.41) is 3.38. The van der Waals surface area contributed by atoms with Gasteiger partial charge in [-0.1, -0.05) is 24.3 Å². The van der Waals surface area contributed by atoms with Crippen LogP contribution in [-0.4, -0.2) is 55.0 Å². The van der Waals surface area contributed by atoms with Gasteiger partial charge in [-0.2, -0.15) is 0 Å². The van der Waals surface area contributed by atoms with Gasteiger partial charge in [-0.15, -0.1) is 24.8 Å². The molecule has 1 unspecified atom stereocenters. The SMILES string of the molecule is Cc1ccccc1CN1CCN(C(=O)CCC2CCNC2)CC1.Cl.Cl. The summed E-state index contributed by atoms with van der Waals surface area (Å²) in [6.07, 6.45) is 3.01. The van der Waals surface area contributed by atoms with E-state index < -0.39 is 0 Å². The Balaban J connectivity index is 0.00000156. The van der Waals surface area contributed by atoms with Gasteiger partial charge in [-0.3, -0.25) is 9.69 Å². The maximum absolute atomic E-state index is 12.4. The van der Waals surface area contributed by atoms with Crippen molar-refractivity contribution in [2.24, 2.45) is 5.92 Å². The quantitative estimate of drug-likeness (QED) is 0.843. The van der Waals surface area contributed by atoms with Gasteiger partial charge >= 0.3 is 0 Å². The second kappa shape index (κ2) is 11.0. The fourth-order valence-corrected chi connectivity index (χ4v) is 3.63. The molecule has 2 heterocycles. The van der Waals surface area contributed by atoms with Crippen molar-refractivity contribution in [2.45, 2.75) is 32.7 Å². The van der Waals surface area contributed by atoms with Gasteiger partial charge in [-0.05, 0) is 49.9 Å². The lowest BCUT2D eigenvalue weighted by molar-refractivity contribution is -0.133. The number of hydrogen-bond acceptors (Lipinski definition) is 3. The van der Waals surface area contributed by atoms with Crippen LogP contribution in [-0.2, 0) is 11.3 Å². The number of hydrogen-bond donors (Lipinski definition) is 1. The highest BCUT2D eigenvalue weighted by molar-refractivity contribution is 5.85. The van der Waals surface area contributed by atoms with Gasteiger partial charge in [0.2, 0.25) is 5.91 Å². The minimum atomic E-state index is 0. The van der Waals surface area contributed by atoms with E-state index in [2.05, 4.69) is 46.3 Å². The number of nitrogens with zero attached hydrogens (tertiary/aromatic N) is 2. The summed E-state index contributed by atoms with van der Waals surface area (Å²) >= 11 is 0. The first-order valence-corrected chi connectivity index (χ1v) is 8.98. The predicted octanol–water partition coefficient (Wildman–Crippen LogP) is 2.87. The third-order valence-electron chi connectivity index (χ3n) is 5.31. The molecule has 1 amide bonds. The Labute approximate surface area is 164 Å². The van der Waals surface area contributed by atoms with E-state index >= 15 is 0 Å². The average molecular weight is 388 g/mol. The van der Waals surface area contributed by atoms with Crippen molar-refractivity contribution < 1.29 is 4.79 Å². The molecule has 2 fully saturated rings. The Kier molecular flexibility index (Phi) is 9.80. The van der Waals surface area contributed by atoms with E-state index in [1.807, 2.05) is 0 Å². The van der Waals surface area contributed by atoms with Gasteiger partial charge in [0.25, 0.3) is 0 Å². The van der Waals surface area contributed by atoms with Gasteiger partial charge in [0.1, 0.15) is 0 Å². The average Bonchev–Trinajstić information content (AvgIpc) is 3.09. The first-order chi connectivity index (χ1) is 11.2. The Bertz CT molecular complexity index is 527. The Morgan fingerprint density at radius 1 is 1.16 bits per heavy atom. The highest BCUT2D eigenvalue weighted by atomic mass is 35.5. The number of amides is 1. The second-order valence-electron chi connectivity index (χ2n) is 6.98. The van der Waals surface area contributed by atoms with E-state index in [1.54, 1.807) is 0 Å². The summed E-state index contributed by atoms with van der Waals surface area (Å²) in [6, 6.07) is 8.59. The maximum atomic E-state index is 12.4. The number of nitrogens with one attached hydrogen (secondary N) is 1. The largest absolute Gasteiger partial charge is 0.340 e. The van der Waals surface area contributed by atoms with Gasteiger partial charge in [0.05, 0.1) is 0 Å². The van der Waals surface area contributed by atoms with E-state index in [0.29, 0.717) is 11.8 Å². The highest BCUT2D eigenvalue weighted by Gasteiger charge is 2.23. The zero-order chi connectivity index (χ0) is 16.1. The fourth-order valence-electron chi connectivity index (χ4n) is 3.63. The molecule has 3 rings (SSSR count). The molecule has 1 atom stereocenters. The Morgan fingerprint density at radius 3 is 2.52 bits per heavy atom. The molecule has 0 spiro atoms. The Morgan fingerprint density at radius 2 is 1.88 bits per heavy atom. The Hall–Kier alpha value is -0.810. The number of carbonyl (C=O) groups excluding carboxylic acids is 1. The second-order valence-corrected chi connectivity index (χ2v) is 6.98. The molecule has 1 aromatic rings. The van der Waals surface area contributed by atoms with E-state index in [4.69, 9.17) is 0 Å². The molecule has 0 bridgehead atoms. The maximum Gasteiger partial charge on any atom is 0.222 e. The number of rotatable bonds is 5. The van der Waals surface area contributed by atoms with Gasteiger partial charge in [0.15, 0.2) is 0 Å². The molecular formula is C19H31Cl2N3O. The molecule has 0 aromatic heterocycles. The molecular weight excluding hydrogens is 357 g/mol.